The van der Waals surface area contributed by atoms with E-state index in [9.17, 15) is 4.79 Å². The van der Waals surface area contributed by atoms with Crippen molar-refractivity contribution in [1.82, 2.24) is 15.2 Å². The molecule has 0 saturated carbocycles. The van der Waals surface area contributed by atoms with Crippen molar-refractivity contribution < 1.29 is 13.9 Å². The van der Waals surface area contributed by atoms with Gasteiger partial charge in [0.25, 0.3) is 0 Å². The third-order valence-corrected chi connectivity index (χ3v) is 4.22. The zero-order chi connectivity index (χ0) is 17.1. The second-order valence-electron chi connectivity index (χ2n) is 5.81. The maximum absolute atomic E-state index is 12.3. The molecule has 128 valence electrons. The highest BCUT2D eigenvalue weighted by Crippen LogP contribution is 2.25. The second kappa shape index (κ2) is 7.23. The predicted molar refractivity (Wildman–Crippen MR) is 90.9 cm³/mol. The monoisotopic (exact) mass is 349 g/mol. The molecule has 1 aliphatic heterocycles. The number of nitrogens with one attached hydrogen (secondary N) is 1. The van der Waals surface area contributed by atoms with Gasteiger partial charge in [0.1, 0.15) is 0 Å². The third kappa shape index (κ3) is 3.71. The van der Waals surface area contributed by atoms with E-state index in [2.05, 4.69) is 10.3 Å². The SMILES string of the molecule is Cc1nc(CNC(=O)N2CCOC[C@@H]2C)oc1-c1ccc(Cl)cc1. The molecule has 0 unspecified atom stereocenters. The number of carbonyl (C=O) groups is 1. The molecule has 0 spiro atoms. The summed E-state index contributed by atoms with van der Waals surface area (Å²) >= 11 is 5.91. The number of carbonyl (C=O) groups excluding carboxylic acids is 1. The Kier molecular flexibility index (Phi) is 5.06. The zero-order valence-corrected chi connectivity index (χ0v) is 14.5. The summed E-state index contributed by atoms with van der Waals surface area (Å²) in [6.45, 7) is 5.81. The van der Waals surface area contributed by atoms with Crippen LogP contribution >= 0.6 is 11.6 Å². The van der Waals surface area contributed by atoms with Crippen LogP contribution in [0.1, 0.15) is 18.5 Å². The Balaban J connectivity index is 1.65. The normalized spacial score (nSPS) is 17.8. The predicted octanol–water partition coefficient (Wildman–Crippen LogP) is 3.23. The highest BCUT2D eigenvalue weighted by molar-refractivity contribution is 6.30. The number of hydrogen-bond acceptors (Lipinski definition) is 4. The highest BCUT2D eigenvalue weighted by atomic mass is 35.5. The van der Waals surface area contributed by atoms with Gasteiger partial charge in [-0.15, -0.1) is 0 Å². The van der Waals surface area contributed by atoms with E-state index in [0.29, 0.717) is 36.4 Å². The Labute approximate surface area is 145 Å². The lowest BCUT2D eigenvalue weighted by Crippen LogP contribution is -2.51. The Morgan fingerprint density at radius 3 is 2.88 bits per heavy atom. The van der Waals surface area contributed by atoms with E-state index < -0.39 is 0 Å². The minimum atomic E-state index is -0.130. The molecule has 0 bridgehead atoms. The molecule has 2 aromatic rings. The fourth-order valence-electron chi connectivity index (χ4n) is 2.68. The molecule has 2 heterocycles. The third-order valence-electron chi connectivity index (χ3n) is 3.97. The highest BCUT2D eigenvalue weighted by Gasteiger charge is 2.24. The van der Waals surface area contributed by atoms with Crippen LogP contribution in [0.2, 0.25) is 5.02 Å². The van der Waals surface area contributed by atoms with Gasteiger partial charge in [-0.3, -0.25) is 0 Å². The number of aryl methyl sites for hydroxylation is 1. The summed E-state index contributed by atoms with van der Waals surface area (Å²) in [7, 11) is 0. The van der Waals surface area contributed by atoms with Crippen molar-refractivity contribution in [1.29, 1.82) is 0 Å². The largest absolute Gasteiger partial charge is 0.438 e. The van der Waals surface area contributed by atoms with Gasteiger partial charge in [-0.25, -0.2) is 9.78 Å². The molecule has 1 aromatic heterocycles. The van der Waals surface area contributed by atoms with E-state index in [1.807, 2.05) is 26.0 Å². The minimum Gasteiger partial charge on any atom is -0.438 e. The fraction of sp³-hybridized carbons (Fsp3) is 0.412. The van der Waals surface area contributed by atoms with Gasteiger partial charge in [-0.05, 0) is 38.1 Å². The molecule has 3 rings (SSSR count). The Bertz CT molecular complexity index is 714. The van der Waals surface area contributed by atoms with E-state index >= 15 is 0 Å². The summed E-state index contributed by atoms with van der Waals surface area (Å²) in [5.74, 6) is 1.17. The van der Waals surface area contributed by atoms with Gasteiger partial charge >= 0.3 is 6.03 Å². The molecule has 6 nitrogen and oxygen atoms in total. The summed E-state index contributed by atoms with van der Waals surface area (Å²) in [4.78, 5) is 18.4. The van der Waals surface area contributed by atoms with Crippen molar-refractivity contribution >= 4 is 17.6 Å². The quantitative estimate of drug-likeness (QED) is 0.923. The van der Waals surface area contributed by atoms with E-state index in [1.54, 1.807) is 17.0 Å². The van der Waals surface area contributed by atoms with Crippen LogP contribution in [-0.2, 0) is 11.3 Å². The van der Waals surface area contributed by atoms with E-state index in [-0.39, 0.29) is 18.6 Å². The van der Waals surface area contributed by atoms with E-state index in [1.165, 1.54) is 0 Å². The van der Waals surface area contributed by atoms with Gasteiger partial charge < -0.3 is 19.4 Å². The van der Waals surface area contributed by atoms with Crippen LogP contribution in [-0.4, -0.2) is 41.7 Å². The minimum absolute atomic E-state index is 0.0645. The van der Waals surface area contributed by atoms with Crippen molar-refractivity contribution in [2.45, 2.75) is 26.4 Å². The van der Waals surface area contributed by atoms with Crippen molar-refractivity contribution in [2.24, 2.45) is 0 Å². The number of morpholine rings is 1. The lowest BCUT2D eigenvalue weighted by Gasteiger charge is -2.33. The average molecular weight is 350 g/mol. The number of nitrogens with zero attached hydrogens (tertiary/aromatic N) is 2. The first-order valence-electron chi connectivity index (χ1n) is 7.89. The smallest absolute Gasteiger partial charge is 0.318 e. The molecule has 0 aliphatic carbocycles. The first-order chi connectivity index (χ1) is 11.5. The Morgan fingerprint density at radius 1 is 1.42 bits per heavy atom. The number of oxazole rings is 1. The standard InChI is InChI=1S/C17H20ClN3O3/c1-11-10-23-8-7-21(11)17(22)19-9-15-20-12(2)16(24-15)13-3-5-14(18)6-4-13/h3-6,11H,7-10H2,1-2H3,(H,19,22)/t11-/m0/s1. The summed E-state index contributed by atoms with van der Waals surface area (Å²) in [5, 5.41) is 3.52. The number of halogens is 1. The van der Waals surface area contributed by atoms with Gasteiger partial charge in [-0.1, -0.05) is 11.6 Å². The first kappa shape index (κ1) is 16.8. The van der Waals surface area contributed by atoms with Crippen LogP contribution in [0.3, 0.4) is 0 Å². The molecule has 1 fully saturated rings. The average Bonchev–Trinajstić information content (AvgIpc) is 2.95. The molecular formula is C17H20ClN3O3. The van der Waals surface area contributed by atoms with Crippen LogP contribution in [0.4, 0.5) is 4.79 Å². The summed E-state index contributed by atoms with van der Waals surface area (Å²) in [6, 6.07) is 7.31. The van der Waals surface area contributed by atoms with Crippen molar-refractivity contribution in [3.8, 4) is 11.3 Å². The van der Waals surface area contributed by atoms with Gasteiger partial charge in [0.15, 0.2) is 5.76 Å². The number of amides is 2. The molecule has 2 amide bonds. The van der Waals surface area contributed by atoms with E-state index in [4.69, 9.17) is 20.8 Å². The van der Waals surface area contributed by atoms with Crippen LogP contribution in [0, 0.1) is 6.92 Å². The van der Waals surface area contributed by atoms with E-state index in [0.717, 1.165) is 11.3 Å². The molecule has 1 N–H and O–H groups in total. The summed E-state index contributed by atoms with van der Waals surface area (Å²) in [6.07, 6.45) is 0. The fourth-order valence-corrected chi connectivity index (χ4v) is 2.80. The van der Waals surface area contributed by atoms with Crippen LogP contribution in [0.5, 0.6) is 0 Å². The Morgan fingerprint density at radius 2 is 2.17 bits per heavy atom. The van der Waals surface area contributed by atoms with Crippen molar-refractivity contribution in [3.63, 3.8) is 0 Å². The zero-order valence-electron chi connectivity index (χ0n) is 13.7. The van der Waals surface area contributed by atoms with Crippen molar-refractivity contribution in [2.75, 3.05) is 19.8 Å². The number of hydrogen-bond donors (Lipinski definition) is 1. The maximum atomic E-state index is 12.3. The van der Waals surface area contributed by atoms with Crippen molar-refractivity contribution in [3.05, 3.63) is 40.9 Å². The summed E-state index contributed by atoms with van der Waals surface area (Å²) < 4.78 is 11.1. The molecule has 1 atom stereocenters. The number of urea groups is 1. The van der Waals surface area contributed by atoms with Crippen LogP contribution in [0.25, 0.3) is 11.3 Å². The summed E-state index contributed by atoms with van der Waals surface area (Å²) in [5.41, 5.74) is 1.69. The molecule has 1 saturated heterocycles. The number of benzene rings is 1. The topological polar surface area (TPSA) is 67.6 Å². The molecule has 1 aliphatic rings. The molecule has 1 aromatic carbocycles. The van der Waals surface area contributed by atoms with Gasteiger partial charge in [0.2, 0.25) is 5.89 Å². The van der Waals surface area contributed by atoms with Gasteiger partial charge in [0, 0.05) is 17.1 Å². The molecular weight excluding hydrogens is 330 g/mol. The lowest BCUT2D eigenvalue weighted by atomic mass is 10.1. The van der Waals surface area contributed by atoms with Gasteiger partial charge in [-0.2, -0.15) is 0 Å². The van der Waals surface area contributed by atoms with Gasteiger partial charge in [0.05, 0.1) is 31.5 Å². The number of ether oxygens (including phenoxy) is 1. The van der Waals surface area contributed by atoms with Crippen LogP contribution in [0.15, 0.2) is 28.7 Å². The Hall–Kier alpha value is -2.05. The number of rotatable bonds is 3. The number of aromatic nitrogens is 1. The van der Waals surface area contributed by atoms with Crippen LogP contribution < -0.4 is 5.32 Å². The molecule has 7 heteroatoms. The molecule has 0 radical (unpaired) electrons. The lowest BCUT2D eigenvalue weighted by molar-refractivity contribution is 0.0188. The second-order valence-corrected chi connectivity index (χ2v) is 6.24. The maximum Gasteiger partial charge on any atom is 0.318 e. The first-order valence-corrected chi connectivity index (χ1v) is 8.27. The molecule has 24 heavy (non-hydrogen) atoms.